The third-order valence-corrected chi connectivity index (χ3v) is 2.54. The van der Waals surface area contributed by atoms with Gasteiger partial charge >= 0.3 is 0 Å². The molecule has 2 N–H and O–H groups in total. The van der Waals surface area contributed by atoms with Gasteiger partial charge in [-0.15, -0.1) is 0 Å². The summed E-state index contributed by atoms with van der Waals surface area (Å²) in [7, 11) is 1.61. The number of Topliss-reactive ketones (excluding diaryl/α,β-unsaturated/α-hetero) is 1. The molecule has 0 radical (unpaired) electrons. The Bertz CT molecular complexity index is 368. The Kier molecular flexibility index (Phi) is 5.80. The minimum atomic E-state index is -0.492. The fourth-order valence-corrected chi connectivity index (χ4v) is 1.59. The molecule has 0 spiro atoms. The van der Waals surface area contributed by atoms with Gasteiger partial charge in [0.1, 0.15) is 5.82 Å². The third-order valence-electron chi connectivity index (χ3n) is 2.54. The molecule has 1 aromatic carbocycles. The third kappa shape index (κ3) is 5.06. The first-order valence-corrected chi connectivity index (χ1v) is 5.65. The summed E-state index contributed by atoms with van der Waals surface area (Å²) < 4.78 is 17.8. The molecule has 0 aliphatic rings. The van der Waals surface area contributed by atoms with E-state index in [1.165, 1.54) is 12.1 Å². The van der Waals surface area contributed by atoms with Crippen molar-refractivity contribution >= 4 is 5.78 Å². The number of halogens is 1. The summed E-state index contributed by atoms with van der Waals surface area (Å²) >= 11 is 0. The molecule has 0 aliphatic carbocycles. The smallest absolute Gasteiger partial charge is 0.153 e. The Morgan fingerprint density at radius 2 is 2.29 bits per heavy atom. The number of rotatable bonds is 7. The molecule has 1 atom stereocenters. The maximum Gasteiger partial charge on any atom is 0.153 e. The van der Waals surface area contributed by atoms with E-state index in [9.17, 15) is 9.18 Å². The van der Waals surface area contributed by atoms with Crippen LogP contribution in [-0.2, 0) is 16.0 Å². The minimum absolute atomic E-state index is 0.0632. The number of nitrogens with two attached hydrogens (primary N) is 1. The summed E-state index contributed by atoms with van der Waals surface area (Å²) in [4.78, 5) is 11.7. The van der Waals surface area contributed by atoms with E-state index in [0.717, 1.165) is 6.42 Å². The van der Waals surface area contributed by atoms with Crippen LogP contribution in [0.3, 0.4) is 0 Å². The first-order chi connectivity index (χ1) is 8.13. The summed E-state index contributed by atoms with van der Waals surface area (Å²) in [6.07, 6.45) is 1.54. The summed E-state index contributed by atoms with van der Waals surface area (Å²) in [6.45, 7) is 0.598. The van der Waals surface area contributed by atoms with Crippen molar-refractivity contribution in [2.75, 3.05) is 13.7 Å². The first-order valence-electron chi connectivity index (χ1n) is 5.65. The van der Waals surface area contributed by atoms with Crippen LogP contribution in [-0.4, -0.2) is 25.5 Å². The second-order valence-corrected chi connectivity index (χ2v) is 4.01. The fourth-order valence-electron chi connectivity index (χ4n) is 1.59. The number of ether oxygens (including phenoxy) is 1. The molecule has 0 saturated carbocycles. The molecule has 1 unspecified atom stereocenters. The van der Waals surface area contributed by atoms with Gasteiger partial charge in [-0.25, -0.2) is 4.39 Å². The Morgan fingerprint density at radius 1 is 1.53 bits per heavy atom. The van der Waals surface area contributed by atoms with Crippen molar-refractivity contribution in [3.8, 4) is 0 Å². The number of carbonyl (C=O) groups is 1. The molecular formula is C13H18FNO2. The number of benzene rings is 1. The largest absolute Gasteiger partial charge is 0.385 e. The SMILES string of the molecule is COCCCC(N)C(=O)Cc1cccc(F)c1. The van der Waals surface area contributed by atoms with Crippen molar-refractivity contribution in [2.24, 2.45) is 5.73 Å². The van der Waals surface area contributed by atoms with Crippen LogP contribution in [0.25, 0.3) is 0 Å². The Morgan fingerprint density at radius 3 is 2.94 bits per heavy atom. The molecule has 17 heavy (non-hydrogen) atoms. The average Bonchev–Trinajstić information content (AvgIpc) is 2.29. The fraction of sp³-hybridized carbons (Fsp3) is 0.462. The highest BCUT2D eigenvalue weighted by Crippen LogP contribution is 2.07. The van der Waals surface area contributed by atoms with Crippen molar-refractivity contribution in [1.29, 1.82) is 0 Å². The van der Waals surface area contributed by atoms with E-state index in [4.69, 9.17) is 10.5 Å². The van der Waals surface area contributed by atoms with Crippen molar-refractivity contribution < 1.29 is 13.9 Å². The zero-order chi connectivity index (χ0) is 12.7. The van der Waals surface area contributed by atoms with Crippen molar-refractivity contribution in [3.05, 3.63) is 35.6 Å². The predicted octanol–water partition coefficient (Wildman–Crippen LogP) is 1.69. The van der Waals surface area contributed by atoms with Crippen molar-refractivity contribution in [3.63, 3.8) is 0 Å². The lowest BCUT2D eigenvalue weighted by molar-refractivity contribution is -0.119. The Hall–Kier alpha value is -1.26. The summed E-state index contributed by atoms with van der Waals surface area (Å²) in [5, 5.41) is 0. The summed E-state index contributed by atoms with van der Waals surface area (Å²) in [5.74, 6) is -0.394. The van der Waals surface area contributed by atoms with Gasteiger partial charge in [0, 0.05) is 20.1 Å². The van der Waals surface area contributed by atoms with E-state index in [2.05, 4.69) is 0 Å². The number of hydrogen-bond donors (Lipinski definition) is 1. The molecular weight excluding hydrogens is 221 g/mol. The second-order valence-electron chi connectivity index (χ2n) is 4.01. The first kappa shape index (κ1) is 13.8. The second kappa shape index (κ2) is 7.14. The van der Waals surface area contributed by atoms with Gasteiger partial charge in [-0.1, -0.05) is 12.1 Å². The summed E-state index contributed by atoms with van der Waals surface area (Å²) in [5.41, 5.74) is 6.41. The zero-order valence-electron chi connectivity index (χ0n) is 9.99. The molecule has 3 nitrogen and oxygen atoms in total. The molecule has 0 fully saturated rings. The maximum absolute atomic E-state index is 12.9. The van der Waals surface area contributed by atoms with Gasteiger partial charge in [0.15, 0.2) is 5.78 Å². The van der Waals surface area contributed by atoms with Gasteiger partial charge < -0.3 is 10.5 Å². The lowest BCUT2D eigenvalue weighted by atomic mass is 10.0. The van der Waals surface area contributed by atoms with Crippen LogP contribution in [0.1, 0.15) is 18.4 Å². The standard InChI is InChI=1S/C13H18FNO2/c1-17-7-3-6-12(15)13(16)9-10-4-2-5-11(14)8-10/h2,4-5,8,12H,3,6-7,9,15H2,1H3. The number of ketones is 1. The Labute approximate surface area is 101 Å². The quantitative estimate of drug-likeness (QED) is 0.737. The number of methoxy groups -OCH3 is 1. The topological polar surface area (TPSA) is 52.3 Å². The van der Waals surface area contributed by atoms with Crippen LogP contribution in [0.5, 0.6) is 0 Å². The van der Waals surface area contributed by atoms with Crippen LogP contribution in [0, 0.1) is 5.82 Å². The van der Waals surface area contributed by atoms with Gasteiger partial charge in [0.2, 0.25) is 0 Å². The molecule has 1 aromatic rings. The maximum atomic E-state index is 12.9. The monoisotopic (exact) mass is 239 g/mol. The number of hydrogen-bond acceptors (Lipinski definition) is 3. The van der Waals surface area contributed by atoms with E-state index in [-0.39, 0.29) is 18.0 Å². The summed E-state index contributed by atoms with van der Waals surface area (Å²) in [6, 6.07) is 5.54. The molecule has 94 valence electrons. The lowest BCUT2D eigenvalue weighted by Gasteiger charge is -2.10. The van der Waals surface area contributed by atoms with Gasteiger partial charge in [-0.05, 0) is 30.5 Å². The van der Waals surface area contributed by atoms with Gasteiger partial charge in [-0.3, -0.25) is 4.79 Å². The van der Waals surface area contributed by atoms with E-state index in [1.807, 2.05) is 0 Å². The van der Waals surface area contributed by atoms with Gasteiger partial charge in [0.05, 0.1) is 6.04 Å². The van der Waals surface area contributed by atoms with Crippen LogP contribution in [0.15, 0.2) is 24.3 Å². The zero-order valence-corrected chi connectivity index (χ0v) is 9.99. The van der Waals surface area contributed by atoms with Crippen molar-refractivity contribution in [2.45, 2.75) is 25.3 Å². The highest BCUT2D eigenvalue weighted by atomic mass is 19.1. The van der Waals surface area contributed by atoms with Crippen LogP contribution in [0.2, 0.25) is 0 Å². The normalized spacial score (nSPS) is 12.4. The highest BCUT2D eigenvalue weighted by molar-refractivity contribution is 5.85. The van der Waals surface area contributed by atoms with E-state index in [0.29, 0.717) is 18.6 Å². The minimum Gasteiger partial charge on any atom is -0.385 e. The molecule has 0 aromatic heterocycles. The predicted molar refractivity (Wildman–Crippen MR) is 64.2 cm³/mol. The molecule has 4 heteroatoms. The molecule has 0 aliphatic heterocycles. The molecule has 0 saturated heterocycles. The number of carbonyl (C=O) groups excluding carboxylic acids is 1. The Balaban J connectivity index is 2.43. The van der Waals surface area contributed by atoms with Crippen LogP contribution in [0.4, 0.5) is 4.39 Å². The van der Waals surface area contributed by atoms with Crippen LogP contribution >= 0.6 is 0 Å². The van der Waals surface area contributed by atoms with Crippen molar-refractivity contribution in [1.82, 2.24) is 0 Å². The van der Waals surface area contributed by atoms with Gasteiger partial charge in [0.25, 0.3) is 0 Å². The van der Waals surface area contributed by atoms with Crippen LogP contribution < -0.4 is 5.73 Å². The average molecular weight is 239 g/mol. The highest BCUT2D eigenvalue weighted by Gasteiger charge is 2.13. The van der Waals surface area contributed by atoms with Gasteiger partial charge in [-0.2, -0.15) is 0 Å². The van der Waals surface area contributed by atoms with E-state index in [1.54, 1.807) is 19.2 Å². The molecule has 0 amide bonds. The molecule has 1 rings (SSSR count). The van der Waals surface area contributed by atoms with E-state index < -0.39 is 6.04 Å². The molecule has 0 heterocycles. The van der Waals surface area contributed by atoms with E-state index >= 15 is 0 Å². The molecule has 0 bridgehead atoms. The lowest BCUT2D eigenvalue weighted by Crippen LogP contribution is -2.32.